The fourth-order valence-corrected chi connectivity index (χ4v) is 2.75. The van der Waals surface area contributed by atoms with E-state index in [4.69, 9.17) is 4.42 Å². The van der Waals surface area contributed by atoms with Gasteiger partial charge in [-0.15, -0.1) is 0 Å². The number of hydrogen-bond acceptors (Lipinski definition) is 1. The smallest absolute Gasteiger partial charge is 0.350 e. The van der Waals surface area contributed by atoms with Crippen molar-refractivity contribution in [2.24, 2.45) is 0 Å². The quantitative estimate of drug-likeness (QED) is 0.612. The van der Waals surface area contributed by atoms with E-state index in [1.165, 1.54) is 16.3 Å². The summed E-state index contributed by atoms with van der Waals surface area (Å²) in [6, 6.07) is 13.1. The lowest BCUT2D eigenvalue weighted by Crippen LogP contribution is -2.39. The molecule has 2 nitrogen and oxygen atoms in total. The first-order chi connectivity index (χ1) is 9.09. The van der Waals surface area contributed by atoms with Crippen LogP contribution < -0.4 is 4.57 Å². The lowest BCUT2D eigenvalue weighted by Gasteiger charge is -2.03. The van der Waals surface area contributed by atoms with E-state index >= 15 is 0 Å². The third kappa shape index (κ3) is 1.83. The van der Waals surface area contributed by atoms with Crippen LogP contribution in [0.2, 0.25) is 0 Å². The van der Waals surface area contributed by atoms with Gasteiger partial charge in [0.05, 0.1) is 11.3 Å². The highest BCUT2D eigenvalue weighted by Crippen LogP contribution is 2.28. The van der Waals surface area contributed by atoms with Crippen LogP contribution in [0.25, 0.3) is 21.9 Å². The highest BCUT2D eigenvalue weighted by Gasteiger charge is 2.28. The predicted molar refractivity (Wildman–Crippen MR) is 78.4 cm³/mol. The molecule has 2 heteroatoms. The zero-order valence-corrected chi connectivity index (χ0v) is 12.0. The van der Waals surface area contributed by atoms with Gasteiger partial charge in [0, 0.05) is 0 Å². The summed E-state index contributed by atoms with van der Waals surface area (Å²) in [5.74, 6) is 1.44. The Morgan fingerprint density at radius 3 is 2.37 bits per heavy atom. The Kier molecular flexibility index (Phi) is 2.81. The van der Waals surface area contributed by atoms with Crippen LogP contribution in [-0.2, 0) is 0 Å². The van der Waals surface area contributed by atoms with E-state index in [1.807, 2.05) is 0 Å². The minimum Gasteiger partial charge on any atom is -0.401 e. The first-order valence-corrected chi connectivity index (χ1v) is 6.95. The summed E-state index contributed by atoms with van der Waals surface area (Å²) in [6.45, 7) is 8.78. The van der Waals surface area contributed by atoms with Gasteiger partial charge in [-0.2, -0.15) is 4.57 Å². The van der Waals surface area contributed by atoms with Gasteiger partial charge in [0.1, 0.15) is 0 Å². The van der Waals surface area contributed by atoms with Crippen molar-refractivity contribution in [1.29, 1.82) is 0 Å². The van der Waals surface area contributed by atoms with Gasteiger partial charge in [0.25, 0.3) is 5.52 Å². The van der Waals surface area contributed by atoms with E-state index in [0.717, 1.165) is 11.5 Å². The van der Waals surface area contributed by atoms with Gasteiger partial charge in [-0.1, -0.05) is 24.3 Å². The van der Waals surface area contributed by atoms with Gasteiger partial charge in [-0.25, -0.2) is 0 Å². The molecule has 0 saturated heterocycles. The molecule has 0 unspecified atom stereocenters. The van der Waals surface area contributed by atoms with Crippen molar-refractivity contribution in [2.75, 3.05) is 0 Å². The Balaban J connectivity index is 2.50. The maximum atomic E-state index is 6.09. The molecule has 0 aliphatic carbocycles. The molecule has 0 saturated carbocycles. The molecule has 0 aliphatic heterocycles. The van der Waals surface area contributed by atoms with E-state index in [1.54, 1.807) is 0 Å². The molecule has 0 atom stereocenters. The number of fused-ring (bicyclic) bond motifs is 3. The fraction of sp³-hybridized carbons (Fsp3) is 0.353. The summed E-state index contributed by atoms with van der Waals surface area (Å²) in [5, 5.41) is 2.53. The van der Waals surface area contributed by atoms with Gasteiger partial charge >= 0.3 is 5.89 Å². The summed E-state index contributed by atoms with van der Waals surface area (Å²) in [4.78, 5) is 0. The van der Waals surface area contributed by atoms with E-state index in [2.05, 4.69) is 68.7 Å². The fourth-order valence-electron chi connectivity index (χ4n) is 2.75. The van der Waals surface area contributed by atoms with Crippen molar-refractivity contribution in [1.82, 2.24) is 0 Å². The average Bonchev–Trinajstić information content (AvgIpc) is 2.78. The summed E-state index contributed by atoms with van der Waals surface area (Å²) >= 11 is 0. The Morgan fingerprint density at radius 2 is 1.68 bits per heavy atom. The number of oxazole rings is 1. The van der Waals surface area contributed by atoms with Crippen molar-refractivity contribution < 1.29 is 8.98 Å². The molecule has 0 bridgehead atoms. The number of nitrogens with zero attached hydrogens (tertiary/aromatic N) is 1. The van der Waals surface area contributed by atoms with E-state index in [9.17, 15) is 0 Å². The molecule has 1 aromatic heterocycles. The second kappa shape index (κ2) is 4.37. The Morgan fingerprint density at radius 1 is 0.947 bits per heavy atom. The SMILES string of the molecule is CC(C)c1oc2ccc3ccccc3c2[n+]1C(C)C. The summed E-state index contributed by atoms with van der Waals surface area (Å²) in [6.07, 6.45) is 0. The molecule has 1 heterocycles. The van der Waals surface area contributed by atoms with Crippen LogP contribution in [0.1, 0.15) is 45.5 Å². The number of benzene rings is 2. The maximum Gasteiger partial charge on any atom is 0.350 e. The zero-order chi connectivity index (χ0) is 13.6. The van der Waals surface area contributed by atoms with Crippen LogP contribution in [0.3, 0.4) is 0 Å². The van der Waals surface area contributed by atoms with E-state index in [-0.39, 0.29) is 0 Å². The Hall–Kier alpha value is -1.83. The molecule has 0 N–H and O–H groups in total. The molecule has 3 rings (SSSR count). The van der Waals surface area contributed by atoms with Gasteiger partial charge in [-0.3, -0.25) is 0 Å². The van der Waals surface area contributed by atoms with Crippen molar-refractivity contribution in [2.45, 2.75) is 39.7 Å². The molecule has 19 heavy (non-hydrogen) atoms. The van der Waals surface area contributed by atoms with Gasteiger partial charge in [0.2, 0.25) is 5.58 Å². The normalized spacial score (nSPS) is 12.1. The Labute approximate surface area is 113 Å². The standard InChI is InChI=1S/C17H20NO/c1-11(2)17-18(12(3)4)16-14-8-6-5-7-13(14)9-10-15(16)19-17/h5-12H,1-4H3/q+1. The molecule has 0 spiro atoms. The van der Waals surface area contributed by atoms with E-state index in [0.29, 0.717) is 12.0 Å². The van der Waals surface area contributed by atoms with Crippen molar-refractivity contribution in [3.05, 3.63) is 42.3 Å². The minimum atomic E-state index is 0.383. The van der Waals surface area contributed by atoms with Gasteiger partial charge in [-0.05, 0) is 45.2 Å². The number of rotatable bonds is 2. The van der Waals surface area contributed by atoms with Crippen LogP contribution in [-0.4, -0.2) is 0 Å². The summed E-state index contributed by atoms with van der Waals surface area (Å²) in [7, 11) is 0. The zero-order valence-electron chi connectivity index (χ0n) is 12.0. The Bertz CT molecular complexity index is 737. The second-order valence-corrected chi connectivity index (χ2v) is 5.69. The largest absolute Gasteiger partial charge is 0.401 e. The van der Waals surface area contributed by atoms with Gasteiger partial charge in [0.15, 0.2) is 6.04 Å². The van der Waals surface area contributed by atoms with Crippen molar-refractivity contribution in [3.63, 3.8) is 0 Å². The van der Waals surface area contributed by atoms with Gasteiger partial charge < -0.3 is 4.42 Å². The minimum absolute atomic E-state index is 0.383. The van der Waals surface area contributed by atoms with E-state index < -0.39 is 0 Å². The number of hydrogen-bond donors (Lipinski definition) is 0. The molecule has 3 aromatic rings. The highest BCUT2D eigenvalue weighted by atomic mass is 16.4. The van der Waals surface area contributed by atoms with Crippen LogP contribution in [0.5, 0.6) is 0 Å². The van der Waals surface area contributed by atoms with Crippen LogP contribution in [0.4, 0.5) is 0 Å². The molecular weight excluding hydrogens is 234 g/mol. The average molecular weight is 254 g/mol. The molecule has 0 amide bonds. The first-order valence-electron chi connectivity index (χ1n) is 6.95. The maximum absolute atomic E-state index is 6.09. The van der Waals surface area contributed by atoms with Crippen molar-refractivity contribution in [3.8, 4) is 0 Å². The molecular formula is C17H20NO+. The number of aromatic nitrogens is 1. The lowest BCUT2D eigenvalue weighted by molar-refractivity contribution is -0.704. The van der Waals surface area contributed by atoms with Crippen LogP contribution in [0.15, 0.2) is 40.8 Å². The highest BCUT2D eigenvalue weighted by molar-refractivity contribution is 6.01. The first kappa shape index (κ1) is 12.2. The molecule has 2 aromatic carbocycles. The molecule has 98 valence electrons. The monoisotopic (exact) mass is 254 g/mol. The summed E-state index contributed by atoms with van der Waals surface area (Å²) < 4.78 is 8.43. The predicted octanol–water partition coefficient (Wildman–Crippen LogP) is 4.58. The van der Waals surface area contributed by atoms with Crippen LogP contribution >= 0.6 is 0 Å². The van der Waals surface area contributed by atoms with Crippen LogP contribution in [0, 0.1) is 0 Å². The summed E-state index contributed by atoms with van der Waals surface area (Å²) in [5.41, 5.74) is 2.20. The third-order valence-corrected chi connectivity index (χ3v) is 3.57. The second-order valence-electron chi connectivity index (χ2n) is 5.69. The van der Waals surface area contributed by atoms with Crippen molar-refractivity contribution >= 4 is 21.9 Å². The third-order valence-electron chi connectivity index (χ3n) is 3.57. The lowest BCUT2D eigenvalue weighted by atomic mass is 10.1. The topological polar surface area (TPSA) is 17.0 Å². The molecule has 0 radical (unpaired) electrons. The molecule has 0 fully saturated rings. The molecule has 0 aliphatic rings.